The third kappa shape index (κ3) is 1.76. The molecule has 0 saturated heterocycles. The molecule has 0 fully saturated rings. The predicted molar refractivity (Wildman–Crippen MR) is 59.8 cm³/mol. The summed E-state index contributed by atoms with van der Waals surface area (Å²) in [5.74, 6) is -1.75. The van der Waals surface area contributed by atoms with Crippen LogP contribution < -0.4 is 0 Å². The van der Waals surface area contributed by atoms with E-state index in [-0.39, 0.29) is 5.56 Å². The minimum atomic E-state index is -0.877. The fraction of sp³-hybridized carbons (Fsp3) is 0.0833. The molecule has 4 heteroatoms. The van der Waals surface area contributed by atoms with Crippen LogP contribution in [0.4, 0.5) is 8.78 Å². The summed E-state index contributed by atoms with van der Waals surface area (Å²) in [6.07, 6.45) is 0.707. The molecule has 0 spiro atoms. The van der Waals surface area contributed by atoms with Crippen LogP contribution in [0.3, 0.4) is 0 Å². The summed E-state index contributed by atoms with van der Waals surface area (Å²) in [5, 5.41) is 0. The zero-order valence-electron chi connectivity index (χ0n) is 8.46. The number of carbonyl (C=O) groups excluding carboxylic acids is 1. The summed E-state index contributed by atoms with van der Waals surface area (Å²) in [5.41, 5.74) is 0.979. The highest BCUT2D eigenvalue weighted by atomic mass is 32.1. The fourth-order valence-corrected chi connectivity index (χ4v) is 2.52. The number of aryl methyl sites for hydroxylation is 1. The van der Waals surface area contributed by atoms with Crippen molar-refractivity contribution in [1.82, 2.24) is 0 Å². The molecule has 0 aliphatic carbocycles. The maximum absolute atomic E-state index is 13.5. The Labute approximate surface area is 95.4 Å². The number of hydrogen-bond acceptors (Lipinski definition) is 2. The summed E-state index contributed by atoms with van der Waals surface area (Å²) in [6, 6.07) is 5.69. The van der Waals surface area contributed by atoms with Gasteiger partial charge in [-0.05, 0) is 24.6 Å². The van der Waals surface area contributed by atoms with Crippen LogP contribution in [0.1, 0.15) is 15.2 Å². The molecule has 1 heterocycles. The van der Waals surface area contributed by atoms with E-state index in [0.29, 0.717) is 16.0 Å². The Kier molecular flexibility index (Phi) is 2.83. The van der Waals surface area contributed by atoms with Gasteiger partial charge in [0.25, 0.3) is 0 Å². The van der Waals surface area contributed by atoms with E-state index in [9.17, 15) is 13.6 Å². The van der Waals surface area contributed by atoms with Gasteiger partial charge in [-0.3, -0.25) is 4.79 Å². The molecule has 1 aromatic carbocycles. The Morgan fingerprint density at radius 2 is 2.06 bits per heavy atom. The third-order valence-electron chi connectivity index (χ3n) is 2.25. The van der Waals surface area contributed by atoms with Crippen molar-refractivity contribution in [2.75, 3.05) is 0 Å². The number of hydrogen-bond donors (Lipinski definition) is 0. The van der Waals surface area contributed by atoms with Gasteiger partial charge in [-0.1, -0.05) is 12.1 Å². The lowest BCUT2D eigenvalue weighted by atomic mass is 10.1. The first-order chi connectivity index (χ1) is 7.63. The maximum atomic E-state index is 13.5. The van der Waals surface area contributed by atoms with Crippen molar-refractivity contribution >= 4 is 17.6 Å². The highest BCUT2D eigenvalue weighted by Crippen LogP contribution is 2.33. The zero-order chi connectivity index (χ0) is 11.7. The van der Waals surface area contributed by atoms with Gasteiger partial charge in [0.15, 0.2) is 17.9 Å². The fourth-order valence-electron chi connectivity index (χ4n) is 1.51. The monoisotopic (exact) mass is 238 g/mol. The van der Waals surface area contributed by atoms with E-state index in [1.807, 2.05) is 0 Å². The van der Waals surface area contributed by atoms with Crippen LogP contribution in [-0.2, 0) is 0 Å². The molecule has 16 heavy (non-hydrogen) atoms. The van der Waals surface area contributed by atoms with Gasteiger partial charge < -0.3 is 0 Å². The van der Waals surface area contributed by atoms with Crippen molar-refractivity contribution in [2.24, 2.45) is 0 Å². The van der Waals surface area contributed by atoms with Crippen molar-refractivity contribution in [3.8, 4) is 10.4 Å². The summed E-state index contributed by atoms with van der Waals surface area (Å²) in [4.78, 5) is 11.7. The summed E-state index contributed by atoms with van der Waals surface area (Å²) < 4.78 is 26.6. The summed E-state index contributed by atoms with van der Waals surface area (Å²) in [7, 11) is 0. The van der Waals surface area contributed by atoms with E-state index >= 15 is 0 Å². The van der Waals surface area contributed by atoms with Crippen molar-refractivity contribution in [2.45, 2.75) is 6.92 Å². The van der Waals surface area contributed by atoms with Crippen molar-refractivity contribution in [3.05, 3.63) is 46.3 Å². The largest absolute Gasteiger partial charge is 0.297 e. The number of thiophene rings is 1. The summed E-state index contributed by atoms with van der Waals surface area (Å²) in [6.45, 7) is 1.77. The van der Waals surface area contributed by atoms with Crippen molar-refractivity contribution in [3.63, 3.8) is 0 Å². The molecular formula is C12H8F2OS. The molecule has 1 nitrogen and oxygen atoms in total. The lowest BCUT2D eigenvalue weighted by Crippen LogP contribution is -1.87. The number of halogens is 2. The third-order valence-corrected chi connectivity index (χ3v) is 3.45. The maximum Gasteiger partial charge on any atom is 0.167 e. The first-order valence-corrected chi connectivity index (χ1v) is 5.45. The molecule has 0 saturated carbocycles. The normalized spacial score (nSPS) is 10.4. The molecule has 2 rings (SSSR count). The van der Waals surface area contributed by atoms with Gasteiger partial charge in [0.05, 0.1) is 4.88 Å². The standard InChI is InChI=1S/C12H8F2OS/c1-7-5-8(6-15)16-12(7)9-3-2-4-10(13)11(9)14/h2-6H,1H3. The van der Waals surface area contributed by atoms with E-state index in [1.54, 1.807) is 13.0 Å². The number of aldehydes is 1. The average Bonchev–Trinajstić information content (AvgIpc) is 2.64. The van der Waals surface area contributed by atoms with E-state index in [0.717, 1.165) is 23.0 Å². The quantitative estimate of drug-likeness (QED) is 0.727. The first kappa shape index (κ1) is 11.0. The molecule has 0 aliphatic heterocycles. The summed E-state index contributed by atoms with van der Waals surface area (Å²) >= 11 is 1.16. The van der Waals surface area contributed by atoms with Crippen molar-refractivity contribution in [1.29, 1.82) is 0 Å². The predicted octanol–water partition coefficient (Wildman–Crippen LogP) is 3.81. The van der Waals surface area contributed by atoms with Gasteiger partial charge in [0.2, 0.25) is 0 Å². The second kappa shape index (κ2) is 4.14. The highest BCUT2D eigenvalue weighted by molar-refractivity contribution is 7.17. The van der Waals surface area contributed by atoms with Gasteiger partial charge >= 0.3 is 0 Å². The van der Waals surface area contributed by atoms with Gasteiger partial charge in [0, 0.05) is 10.4 Å². The van der Waals surface area contributed by atoms with Gasteiger partial charge in [0.1, 0.15) is 0 Å². The second-order valence-corrected chi connectivity index (χ2v) is 4.46. The van der Waals surface area contributed by atoms with Crippen LogP contribution in [-0.4, -0.2) is 6.29 Å². The molecule has 0 atom stereocenters. The van der Waals surface area contributed by atoms with Crippen LogP contribution in [0.25, 0.3) is 10.4 Å². The lowest BCUT2D eigenvalue weighted by molar-refractivity contribution is 0.112. The molecule has 1 aromatic heterocycles. The zero-order valence-corrected chi connectivity index (χ0v) is 9.28. The number of carbonyl (C=O) groups is 1. The topological polar surface area (TPSA) is 17.1 Å². The van der Waals surface area contributed by atoms with E-state index in [2.05, 4.69) is 0 Å². The van der Waals surface area contributed by atoms with Crippen LogP contribution in [0.2, 0.25) is 0 Å². The minimum Gasteiger partial charge on any atom is -0.297 e. The smallest absolute Gasteiger partial charge is 0.167 e. The van der Waals surface area contributed by atoms with Gasteiger partial charge in [-0.2, -0.15) is 0 Å². The molecule has 2 aromatic rings. The lowest BCUT2D eigenvalue weighted by Gasteiger charge is -2.02. The van der Waals surface area contributed by atoms with Crippen LogP contribution in [0.15, 0.2) is 24.3 Å². The molecule has 82 valence electrons. The van der Waals surface area contributed by atoms with E-state index in [4.69, 9.17) is 0 Å². The Balaban J connectivity index is 2.62. The SMILES string of the molecule is Cc1cc(C=O)sc1-c1cccc(F)c1F. The second-order valence-electron chi connectivity index (χ2n) is 3.38. The average molecular weight is 238 g/mol. The van der Waals surface area contributed by atoms with E-state index in [1.165, 1.54) is 12.1 Å². The van der Waals surface area contributed by atoms with Crippen LogP contribution in [0, 0.1) is 18.6 Å². The molecule has 0 aliphatic rings. The Hall–Kier alpha value is -1.55. The molecule has 0 radical (unpaired) electrons. The number of benzene rings is 1. The Morgan fingerprint density at radius 3 is 2.69 bits per heavy atom. The molecule has 0 amide bonds. The Bertz CT molecular complexity index is 546. The molecule has 0 bridgehead atoms. The van der Waals surface area contributed by atoms with Gasteiger partial charge in [-0.15, -0.1) is 11.3 Å². The number of rotatable bonds is 2. The van der Waals surface area contributed by atoms with E-state index < -0.39 is 11.6 Å². The van der Waals surface area contributed by atoms with Crippen LogP contribution in [0.5, 0.6) is 0 Å². The molecular weight excluding hydrogens is 230 g/mol. The van der Waals surface area contributed by atoms with Crippen LogP contribution >= 0.6 is 11.3 Å². The molecule has 0 unspecified atom stereocenters. The van der Waals surface area contributed by atoms with Crippen molar-refractivity contribution < 1.29 is 13.6 Å². The minimum absolute atomic E-state index is 0.204. The molecule has 0 N–H and O–H groups in total. The Morgan fingerprint density at radius 1 is 1.31 bits per heavy atom. The highest BCUT2D eigenvalue weighted by Gasteiger charge is 2.14. The van der Waals surface area contributed by atoms with Gasteiger partial charge in [-0.25, -0.2) is 8.78 Å². The first-order valence-electron chi connectivity index (χ1n) is 4.63.